The Bertz CT molecular complexity index is 547. The highest BCUT2D eigenvalue weighted by atomic mass is 16.6. The molecular weight excluding hydrogens is 272 g/mol. The van der Waals surface area contributed by atoms with E-state index in [0.29, 0.717) is 11.3 Å². The van der Waals surface area contributed by atoms with E-state index in [1.165, 1.54) is 6.92 Å². The molecule has 0 aliphatic rings. The zero-order valence-electron chi connectivity index (χ0n) is 12.6. The number of nitrogens with one attached hydrogen (secondary N) is 2. The van der Waals surface area contributed by atoms with E-state index < -0.39 is 17.6 Å². The average Bonchev–Trinajstić information content (AvgIpc) is 2.34. The van der Waals surface area contributed by atoms with E-state index in [2.05, 4.69) is 10.6 Å². The van der Waals surface area contributed by atoms with Crippen LogP contribution in [0, 0.1) is 0 Å². The predicted molar refractivity (Wildman–Crippen MR) is 79.3 cm³/mol. The van der Waals surface area contributed by atoms with Crippen LogP contribution in [0.3, 0.4) is 0 Å². The van der Waals surface area contributed by atoms with Gasteiger partial charge in [-0.1, -0.05) is 12.1 Å². The van der Waals surface area contributed by atoms with E-state index in [4.69, 9.17) is 4.74 Å². The van der Waals surface area contributed by atoms with Gasteiger partial charge in [-0.05, 0) is 39.8 Å². The lowest BCUT2D eigenvalue weighted by molar-refractivity contribution is -0.115. The number of carbonyl (C=O) groups excluding carboxylic acids is 3. The largest absolute Gasteiger partial charge is 0.444 e. The molecule has 0 radical (unpaired) electrons. The summed E-state index contributed by atoms with van der Waals surface area (Å²) in [6.07, 6.45) is -0.657. The summed E-state index contributed by atoms with van der Waals surface area (Å²) in [5.41, 5.74) is 0.391. The van der Waals surface area contributed by atoms with Gasteiger partial charge in [-0.2, -0.15) is 0 Å². The zero-order chi connectivity index (χ0) is 16.0. The van der Waals surface area contributed by atoms with Gasteiger partial charge >= 0.3 is 6.09 Å². The highest BCUT2D eigenvalue weighted by Crippen LogP contribution is 2.11. The number of amides is 2. The Morgan fingerprint density at radius 1 is 1.19 bits per heavy atom. The van der Waals surface area contributed by atoms with Crippen molar-refractivity contribution in [2.45, 2.75) is 33.3 Å². The van der Waals surface area contributed by atoms with E-state index in [1.54, 1.807) is 45.0 Å². The minimum absolute atomic E-state index is 0.0852. The molecule has 114 valence electrons. The molecule has 0 bridgehead atoms. The maximum Gasteiger partial charge on any atom is 0.408 e. The Hall–Kier alpha value is -2.37. The third-order valence-corrected chi connectivity index (χ3v) is 2.35. The van der Waals surface area contributed by atoms with Gasteiger partial charge in [0.2, 0.25) is 5.91 Å². The minimum atomic E-state index is -0.657. The van der Waals surface area contributed by atoms with Crippen molar-refractivity contribution in [1.29, 1.82) is 0 Å². The summed E-state index contributed by atoms with van der Waals surface area (Å²) < 4.78 is 5.01. The number of Topliss-reactive ketones (excluding diaryl/α,β-unsaturated/α-hetero) is 1. The summed E-state index contributed by atoms with van der Waals surface area (Å²) in [6.45, 7) is 6.45. The van der Waals surface area contributed by atoms with Crippen LogP contribution >= 0.6 is 0 Å². The first-order valence-electron chi connectivity index (χ1n) is 6.55. The molecule has 0 fully saturated rings. The molecule has 6 nitrogen and oxygen atoms in total. The number of rotatable bonds is 4. The smallest absolute Gasteiger partial charge is 0.408 e. The number of anilines is 1. The molecule has 0 atom stereocenters. The van der Waals surface area contributed by atoms with Crippen LogP contribution in [0.25, 0.3) is 0 Å². The van der Waals surface area contributed by atoms with E-state index in [0.717, 1.165) is 0 Å². The van der Waals surface area contributed by atoms with Gasteiger partial charge in [-0.15, -0.1) is 0 Å². The summed E-state index contributed by atoms with van der Waals surface area (Å²) in [5.74, 6) is -0.487. The van der Waals surface area contributed by atoms with Crippen molar-refractivity contribution in [3.05, 3.63) is 29.8 Å². The van der Waals surface area contributed by atoms with E-state index in [9.17, 15) is 14.4 Å². The van der Waals surface area contributed by atoms with Gasteiger partial charge in [0.15, 0.2) is 5.78 Å². The normalized spacial score (nSPS) is 10.7. The number of alkyl carbamates (subject to hydrolysis) is 1. The molecule has 6 heteroatoms. The Kier molecular flexibility index (Phi) is 5.46. The molecule has 1 rings (SSSR count). The predicted octanol–water partition coefficient (Wildman–Crippen LogP) is 2.35. The van der Waals surface area contributed by atoms with Crippen LogP contribution in [0.2, 0.25) is 0 Å². The van der Waals surface area contributed by atoms with Gasteiger partial charge in [0.05, 0.1) is 0 Å². The number of benzene rings is 1. The van der Waals surface area contributed by atoms with Crippen molar-refractivity contribution in [1.82, 2.24) is 5.32 Å². The minimum Gasteiger partial charge on any atom is -0.444 e. The van der Waals surface area contributed by atoms with Crippen molar-refractivity contribution in [3.63, 3.8) is 0 Å². The third-order valence-electron chi connectivity index (χ3n) is 2.35. The molecule has 0 saturated carbocycles. The summed E-state index contributed by atoms with van der Waals surface area (Å²) >= 11 is 0. The van der Waals surface area contributed by atoms with Gasteiger partial charge in [0, 0.05) is 11.3 Å². The van der Waals surface area contributed by atoms with E-state index in [-0.39, 0.29) is 12.3 Å². The summed E-state index contributed by atoms with van der Waals surface area (Å²) in [7, 11) is 0. The van der Waals surface area contributed by atoms with Crippen LogP contribution < -0.4 is 10.6 Å². The number of ketones is 1. The summed E-state index contributed by atoms with van der Waals surface area (Å²) in [6, 6.07) is 6.58. The molecule has 1 aromatic carbocycles. The maximum atomic E-state index is 11.7. The fraction of sp³-hybridized carbons (Fsp3) is 0.400. The monoisotopic (exact) mass is 292 g/mol. The second-order valence-electron chi connectivity index (χ2n) is 5.54. The lowest BCUT2D eigenvalue weighted by Crippen LogP contribution is -2.37. The molecule has 1 aromatic rings. The van der Waals surface area contributed by atoms with Gasteiger partial charge in [0.1, 0.15) is 12.1 Å². The summed E-state index contributed by atoms with van der Waals surface area (Å²) in [4.78, 5) is 34.3. The van der Waals surface area contributed by atoms with Crippen LogP contribution in [-0.4, -0.2) is 29.9 Å². The first-order valence-corrected chi connectivity index (χ1v) is 6.55. The van der Waals surface area contributed by atoms with Crippen LogP contribution in [-0.2, 0) is 9.53 Å². The van der Waals surface area contributed by atoms with Gasteiger partial charge in [-0.25, -0.2) is 4.79 Å². The second-order valence-corrected chi connectivity index (χ2v) is 5.54. The SMILES string of the molecule is CC(=O)c1cccc(NC(=O)CNC(=O)OC(C)(C)C)c1. The van der Waals surface area contributed by atoms with Crippen molar-refractivity contribution in [2.24, 2.45) is 0 Å². The zero-order valence-corrected chi connectivity index (χ0v) is 12.6. The Labute approximate surface area is 123 Å². The molecule has 0 aliphatic heterocycles. The van der Waals surface area contributed by atoms with Gasteiger partial charge < -0.3 is 15.4 Å². The Morgan fingerprint density at radius 3 is 2.43 bits per heavy atom. The van der Waals surface area contributed by atoms with Crippen LogP contribution in [0.5, 0.6) is 0 Å². The first-order chi connectivity index (χ1) is 9.67. The number of carbonyl (C=O) groups is 3. The van der Waals surface area contributed by atoms with Gasteiger partial charge in [0.25, 0.3) is 0 Å². The molecule has 0 heterocycles. The third kappa shape index (κ3) is 6.56. The quantitative estimate of drug-likeness (QED) is 0.834. The topological polar surface area (TPSA) is 84.5 Å². The molecular formula is C15H20N2O4. The second kappa shape index (κ2) is 6.88. The Morgan fingerprint density at radius 2 is 1.86 bits per heavy atom. The molecule has 2 N–H and O–H groups in total. The average molecular weight is 292 g/mol. The fourth-order valence-electron chi connectivity index (χ4n) is 1.49. The number of hydrogen-bond donors (Lipinski definition) is 2. The van der Waals surface area contributed by atoms with Gasteiger partial charge in [-0.3, -0.25) is 9.59 Å². The lowest BCUT2D eigenvalue weighted by Gasteiger charge is -2.19. The standard InChI is InChI=1S/C15H20N2O4/c1-10(18)11-6-5-7-12(8-11)17-13(19)9-16-14(20)21-15(2,3)4/h5-8H,9H2,1-4H3,(H,16,20)(H,17,19). The van der Waals surface area contributed by atoms with Crippen molar-refractivity contribution < 1.29 is 19.1 Å². The van der Waals surface area contributed by atoms with Crippen molar-refractivity contribution in [2.75, 3.05) is 11.9 Å². The molecule has 0 saturated heterocycles. The highest BCUT2D eigenvalue weighted by molar-refractivity contribution is 5.98. The lowest BCUT2D eigenvalue weighted by atomic mass is 10.1. The molecule has 2 amide bonds. The fourth-order valence-corrected chi connectivity index (χ4v) is 1.49. The molecule has 0 spiro atoms. The summed E-state index contributed by atoms with van der Waals surface area (Å²) in [5, 5.41) is 4.95. The van der Waals surface area contributed by atoms with E-state index in [1.807, 2.05) is 0 Å². The van der Waals surface area contributed by atoms with Crippen LogP contribution in [0.15, 0.2) is 24.3 Å². The van der Waals surface area contributed by atoms with Crippen LogP contribution in [0.1, 0.15) is 38.1 Å². The first kappa shape index (κ1) is 16.7. The molecule has 0 unspecified atom stereocenters. The van der Waals surface area contributed by atoms with E-state index >= 15 is 0 Å². The molecule has 0 aliphatic carbocycles. The van der Waals surface area contributed by atoms with Crippen molar-refractivity contribution in [3.8, 4) is 0 Å². The highest BCUT2D eigenvalue weighted by Gasteiger charge is 2.16. The Balaban J connectivity index is 2.49. The molecule has 21 heavy (non-hydrogen) atoms. The maximum absolute atomic E-state index is 11.7. The molecule has 0 aromatic heterocycles. The van der Waals surface area contributed by atoms with Crippen LogP contribution in [0.4, 0.5) is 10.5 Å². The number of hydrogen-bond acceptors (Lipinski definition) is 4. The number of ether oxygens (including phenoxy) is 1. The van der Waals surface area contributed by atoms with Crippen molar-refractivity contribution >= 4 is 23.5 Å².